The van der Waals surface area contributed by atoms with E-state index in [4.69, 9.17) is 5.73 Å². The molecule has 4 nitrogen and oxygen atoms in total. The fourth-order valence-electron chi connectivity index (χ4n) is 1.70. The summed E-state index contributed by atoms with van der Waals surface area (Å²) in [5, 5.41) is 12.6. The van der Waals surface area contributed by atoms with Gasteiger partial charge < -0.3 is 16.2 Å². The second kappa shape index (κ2) is 7.63. The molecule has 4 N–H and O–H groups in total. The smallest absolute Gasteiger partial charge is 0.221 e. The van der Waals surface area contributed by atoms with Gasteiger partial charge >= 0.3 is 0 Å². The Morgan fingerprint density at radius 1 is 1.44 bits per heavy atom. The van der Waals surface area contributed by atoms with E-state index in [9.17, 15) is 9.90 Å². The second-order valence-electron chi connectivity index (χ2n) is 4.78. The summed E-state index contributed by atoms with van der Waals surface area (Å²) >= 11 is 0. The van der Waals surface area contributed by atoms with Crippen molar-refractivity contribution in [1.82, 2.24) is 5.32 Å². The van der Waals surface area contributed by atoms with Crippen molar-refractivity contribution in [1.29, 1.82) is 0 Å². The van der Waals surface area contributed by atoms with E-state index in [0.29, 0.717) is 19.4 Å². The number of carbonyl (C=O) groups excluding carboxylic acids is 1. The largest absolute Gasteiger partial charge is 0.388 e. The second-order valence-corrected chi connectivity index (χ2v) is 4.78. The molecule has 96 valence electrons. The first-order valence-corrected chi connectivity index (χ1v) is 6.16. The average Bonchev–Trinajstić information content (AvgIpc) is 2.15. The van der Waals surface area contributed by atoms with Crippen molar-refractivity contribution in [3.8, 4) is 0 Å². The van der Waals surface area contributed by atoms with E-state index < -0.39 is 5.60 Å². The number of amides is 1. The highest BCUT2D eigenvalue weighted by atomic mass is 16.3. The van der Waals surface area contributed by atoms with Crippen molar-refractivity contribution >= 4 is 5.91 Å². The quantitative estimate of drug-likeness (QED) is 0.586. The number of hydrogen-bond acceptors (Lipinski definition) is 3. The molecule has 0 aromatic carbocycles. The monoisotopic (exact) mass is 230 g/mol. The fraction of sp³-hybridized carbons (Fsp3) is 0.917. The van der Waals surface area contributed by atoms with Crippen LogP contribution in [0.2, 0.25) is 0 Å². The van der Waals surface area contributed by atoms with Gasteiger partial charge in [-0.05, 0) is 19.8 Å². The van der Waals surface area contributed by atoms with Gasteiger partial charge in [-0.25, -0.2) is 0 Å². The molecule has 0 saturated carbocycles. The highest BCUT2D eigenvalue weighted by Crippen LogP contribution is 2.10. The summed E-state index contributed by atoms with van der Waals surface area (Å²) in [5.74, 6) is -0.0719. The number of nitrogens with one attached hydrogen (secondary N) is 1. The van der Waals surface area contributed by atoms with E-state index >= 15 is 0 Å². The van der Waals surface area contributed by atoms with Gasteiger partial charge in [0.15, 0.2) is 0 Å². The number of aliphatic hydroxyl groups is 1. The number of carbonyl (C=O) groups is 1. The Balaban J connectivity index is 3.80. The van der Waals surface area contributed by atoms with Gasteiger partial charge in [-0.1, -0.05) is 26.7 Å². The van der Waals surface area contributed by atoms with E-state index in [0.717, 1.165) is 19.3 Å². The van der Waals surface area contributed by atoms with Gasteiger partial charge in [0.25, 0.3) is 0 Å². The van der Waals surface area contributed by atoms with Crippen LogP contribution < -0.4 is 11.1 Å². The van der Waals surface area contributed by atoms with E-state index in [2.05, 4.69) is 5.32 Å². The molecule has 0 rings (SSSR count). The minimum absolute atomic E-state index is 0.0684. The van der Waals surface area contributed by atoms with Crippen LogP contribution in [0.3, 0.4) is 0 Å². The maximum absolute atomic E-state index is 11.5. The zero-order valence-electron chi connectivity index (χ0n) is 10.8. The molecule has 0 fully saturated rings. The minimum Gasteiger partial charge on any atom is -0.388 e. The summed E-state index contributed by atoms with van der Waals surface area (Å²) in [5.41, 5.74) is 4.95. The molecular formula is C12H26N2O2. The predicted molar refractivity (Wildman–Crippen MR) is 66.0 cm³/mol. The van der Waals surface area contributed by atoms with Crippen molar-refractivity contribution in [3.05, 3.63) is 0 Å². The summed E-state index contributed by atoms with van der Waals surface area (Å²) < 4.78 is 0. The highest BCUT2D eigenvalue weighted by Gasteiger charge is 2.20. The Hall–Kier alpha value is -0.610. The zero-order valence-corrected chi connectivity index (χ0v) is 10.8. The van der Waals surface area contributed by atoms with Crippen LogP contribution >= 0.6 is 0 Å². The molecule has 0 spiro atoms. The maximum Gasteiger partial charge on any atom is 0.221 e. The SMILES string of the molecule is CCCC(N)CC(=O)NCC(C)(O)CCC. The average molecular weight is 230 g/mol. The van der Waals surface area contributed by atoms with Gasteiger partial charge in [0.05, 0.1) is 5.60 Å². The number of rotatable bonds is 8. The third kappa shape index (κ3) is 7.65. The van der Waals surface area contributed by atoms with E-state index in [1.54, 1.807) is 6.92 Å². The van der Waals surface area contributed by atoms with Crippen LogP contribution in [0.25, 0.3) is 0 Å². The summed E-state index contributed by atoms with van der Waals surface area (Å²) in [7, 11) is 0. The van der Waals surface area contributed by atoms with Crippen molar-refractivity contribution in [2.75, 3.05) is 6.54 Å². The van der Waals surface area contributed by atoms with Crippen LogP contribution in [0.4, 0.5) is 0 Å². The van der Waals surface area contributed by atoms with Crippen LogP contribution in [-0.2, 0) is 4.79 Å². The Morgan fingerprint density at radius 3 is 2.56 bits per heavy atom. The summed E-state index contributed by atoms with van der Waals surface area (Å²) in [4.78, 5) is 11.5. The van der Waals surface area contributed by atoms with Crippen molar-refractivity contribution < 1.29 is 9.90 Å². The third-order valence-electron chi connectivity index (χ3n) is 2.56. The van der Waals surface area contributed by atoms with Gasteiger partial charge in [-0.2, -0.15) is 0 Å². The van der Waals surface area contributed by atoms with Crippen LogP contribution in [-0.4, -0.2) is 29.2 Å². The molecule has 16 heavy (non-hydrogen) atoms. The zero-order chi connectivity index (χ0) is 12.6. The molecule has 0 aromatic rings. The lowest BCUT2D eigenvalue weighted by Crippen LogP contribution is -2.42. The van der Waals surface area contributed by atoms with Crippen LogP contribution in [0.1, 0.15) is 52.9 Å². The van der Waals surface area contributed by atoms with Crippen LogP contribution in [0.5, 0.6) is 0 Å². The number of hydrogen-bond donors (Lipinski definition) is 3. The van der Waals surface area contributed by atoms with Gasteiger partial charge in [-0.3, -0.25) is 4.79 Å². The molecule has 0 bridgehead atoms. The molecule has 2 atom stereocenters. The van der Waals surface area contributed by atoms with E-state index in [1.165, 1.54) is 0 Å². The molecule has 0 heterocycles. The molecule has 0 aromatic heterocycles. The molecule has 4 heteroatoms. The van der Waals surface area contributed by atoms with Gasteiger partial charge in [0.2, 0.25) is 5.91 Å². The molecule has 0 aliphatic rings. The summed E-state index contributed by atoms with van der Waals surface area (Å²) in [6, 6.07) is -0.0684. The Morgan fingerprint density at radius 2 is 2.06 bits per heavy atom. The summed E-state index contributed by atoms with van der Waals surface area (Å²) in [6.07, 6.45) is 3.78. The van der Waals surface area contributed by atoms with Crippen molar-refractivity contribution in [2.45, 2.75) is 64.5 Å². The molecule has 2 unspecified atom stereocenters. The fourth-order valence-corrected chi connectivity index (χ4v) is 1.70. The first kappa shape index (κ1) is 15.4. The lowest BCUT2D eigenvalue weighted by Gasteiger charge is -2.23. The Kier molecular flexibility index (Phi) is 7.34. The molecule has 0 radical (unpaired) electrons. The van der Waals surface area contributed by atoms with E-state index in [1.807, 2.05) is 13.8 Å². The lowest BCUT2D eigenvalue weighted by molar-refractivity contribution is -0.122. The van der Waals surface area contributed by atoms with Gasteiger partial charge in [-0.15, -0.1) is 0 Å². The predicted octanol–water partition coefficient (Wildman–Crippen LogP) is 1.17. The van der Waals surface area contributed by atoms with E-state index in [-0.39, 0.29) is 11.9 Å². The topological polar surface area (TPSA) is 75.4 Å². The molecule has 0 aliphatic heterocycles. The highest BCUT2D eigenvalue weighted by molar-refractivity contribution is 5.76. The molecule has 0 saturated heterocycles. The van der Waals surface area contributed by atoms with Crippen molar-refractivity contribution in [3.63, 3.8) is 0 Å². The minimum atomic E-state index is -0.806. The summed E-state index contributed by atoms with van der Waals surface area (Å²) in [6.45, 7) is 6.10. The molecular weight excluding hydrogens is 204 g/mol. The third-order valence-corrected chi connectivity index (χ3v) is 2.56. The molecule has 0 aliphatic carbocycles. The normalized spacial score (nSPS) is 16.6. The van der Waals surface area contributed by atoms with Crippen LogP contribution in [0, 0.1) is 0 Å². The van der Waals surface area contributed by atoms with Gasteiger partial charge in [0.1, 0.15) is 0 Å². The standard InChI is InChI=1S/C12H26N2O2/c1-4-6-10(13)8-11(15)14-9-12(3,16)7-5-2/h10,16H,4-9,13H2,1-3H3,(H,14,15). The lowest BCUT2D eigenvalue weighted by atomic mass is 10.0. The van der Waals surface area contributed by atoms with Crippen LogP contribution in [0.15, 0.2) is 0 Å². The maximum atomic E-state index is 11.5. The Bertz CT molecular complexity index is 205. The Labute approximate surface area is 98.6 Å². The van der Waals surface area contributed by atoms with Crippen molar-refractivity contribution in [2.24, 2.45) is 5.73 Å². The number of nitrogens with two attached hydrogens (primary N) is 1. The first-order valence-electron chi connectivity index (χ1n) is 6.16. The molecule has 1 amide bonds. The first-order chi connectivity index (χ1) is 7.41. The van der Waals surface area contributed by atoms with Gasteiger partial charge in [0, 0.05) is 19.0 Å².